The van der Waals surface area contributed by atoms with Crippen LogP contribution in [-0.4, -0.2) is 6.54 Å². The summed E-state index contributed by atoms with van der Waals surface area (Å²) in [5.74, 6) is -1.05. The maximum Gasteiger partial charge on any atom is 0.131 e. The van der Waals surface area contributed by atoms with Crippen molar-refractivity contribution >= 4 is 27.3 Å². The molecule has 1 N–H and O–H groups in total. The first kappa shape index (κ1) is 13.6. The van der Waals surface area contributed by atoms with Crippen molar-refractivity contribution < 1.29 is 8.78 Å². The van der Waals surface area contributed by atoms with Crippen LogP contribution in [0.4, 0.5) is 8.78 Å². The topological polar surface area (TPSA) is 12.0 Å². The van der Waals surface area contributed by atoms with E-state index in [1.807, 2.05) is 18.4 Å². The fourth-order valence-electron chi connectivity index (χ4n) is 1.83. The van der Waals surface area contributed by atoms with Crippen molar-refractivity contribution in [1.82, 2.24) is 5.32 Å². The first-order valence-electron chi connectivity index (χ1n) is 5.55. The number of thiophene rings is 1. The van der Waals surface area contributed by atoms with Crippen LogP contribution < -0.4 is 5.32 Å². The van der Waals surface area contributed by atoms with Crippen LogP contribution in [0, 0.1) is 11.6 Å². The monoisotopic (exact) mass is 331 g/mol. The number of hydrogen-bond donors (Lipinski definition) is 1. The third-order valence-corrected chi connectivity index (χ3v) is 4.54. The predicted molar refractivity (Wildman–Crippen MR) is 73.9 cm³/mol. The molecular formula is C13H12BrF2NS. The van der Waals surface area contributed by atoms with E-state index in [0.29, 0.717) is 6.54 Å². The van der Waals surface area contributed by atoms with Crippen LogP contribution in [-0.2, 0) is 0 Å². The van der Waals surface area contributed by atoms with E-state index in [4.69, 9.17) is 0 Å². The molecule has 18 heavy (non-hydrogen) atoms. The normalized spacial score (nSPS) is 12.7. The Morgan fingerprint density at radius 3 is 2.44 bits per heavy atom. The van der Waals surface area contributed by atoms with Gasteiger partial charge in [0.05, 0.1) is 6.04 Å². The van der Waals surface area contributed by atoms with E-state index in [1.165, 1.54) is 29.5 Å². The Morgan fingerprint density at radius 2 is 1.94 bits per heavy atom. The molecule has 0 saturated heterocycles. The highest BCUT2D eigenvalue weighted by Gasteiger charge is 2.23. The minimum Gasteiger partial charge on any atom is -0.306 e. The second kappa shape index (κ2) is 5.91. The number of hydrogen-bond acceptors (Lipinski definition) is 2. The Kier molecular flexibility index (Phi) is 4.48. The van der Waals surface area contributed by atoms with Crippen LogP contribution in [0.2, 0.25) is 0 Å². The second-order valence-electron chi connectivity index (χ2n) is 3.76. The highest BCUT2D eigenvalue weighted by molar-refractivity contribution is 9.10. The highest BCUT2D eigenvalue weighted by atomic mass is 79.9. The van der Waals surface area contributed by atoms with Gasteiger partial charge in [-0.1, -0.05) is 13.0 Å². The van der Waals surface area contributed by atoms with Crippen LogP contribution >= 0.6 is 27.3 Å². The lowest BCUT2D eigenvalue weighted by Gasteiger charge is -2.19. The molecule has 0 saturated carbocycles. The van der Waals surface area contributed by atoms with E-state index in [0.717, 1.165) is 9.35 Å². The van der Waals surface area contributed by atoms with Crippen LogP contribution in [0.15, 0.2) is 34.1 Å². The molecule has 0 bridgehead atoms. The van der Waals surface area contributed by atoms with Gasteiger partial charge in [0, 0.05) is 14.9 Å². The van der Waals surface area contributed by atoms with Crippen LogP contribution in [0.1, 0.15) is 23.4 Å². The number of rotatable bonds is 4. The summed E-state index contributed by atoms with van der Waals surface area (Å²) in [4.78, 5) is 0.876. The average molecular weight is 332 g/mol. The zero-order chi connectivity index (χ0) is 13.1. The van der Waals surface area contributed by atoms with Crippen molar-refractivity contribution in [2.75, 3.05) is 6.54 Å². The van der Waals surface area contributed by atoms with E-state index in [2.05, 4.69) is 21.2 Å². The summed E-state index contributed by atoms with van der Waals surface area (Å²) in [6.45, 7) is 2.54. The number of nitrogens with one attached hydrogen (secondary N) is 1. The van der Waals surface area contributed by atoms with E-state index in [9.17, 15) is 8.78 Å². The first-order chi connectivity index (χ1) is 8.65. The minimum absolute atomic E-state index is 0.0718. The maximum atomic E-state index is 13.9. The van der Waals surface area contributed by atoms with Gasteiger partial charge in [-0.2, -0.15) is 0 Å². The van der Waals surface area contributed by atoms with Crippen molar-refractivity contribution in [3.8, 4) is 0 Å². The molecule has 0 radical (unpaired) electrons. The van der Waals surface area contributed by atoms with Gasteiger partial charge in [-0.3, -0.25) is 0 Å². The molecule has 1 unspecified atom stereocenters. The van der Waals surface area contributed by atoms with Gasteiger partial charge in [0.25, 0.3) is 0 Å². The van der Waals surface area contributed by atoms with E-state index >= 15 is 0 Å². The molecule has 0 spiro atoms. The molecule has 0 aliphatic rings. The van der Waals surface area contributed by atoms with Crippen molar-refractivity contribution in [3.63, 3.8) is 0 Å². The zero-order valence-electron chi connectivity index (χ0n) is 9.71. The van der Waals surface area contributed by atoms with Gasteiger partial charge < -0.3 is 5.32 Å². The molecule has 5 heteroatoms. The Bertz CT molecular complexity index is 521. The first-order valence-corrected chi connectivity index (χ1v) is 7.22. The summed E-state index contributed by atoms with van der Waals surface area (Å²) in [5, 5.41) is 5.02. The Morgan fingerprint density at radius 1 is 1.28 bits per heavy atom. The van der Waals surface area contributed by atoms with Gasteiger partial charge in [0.15, 0.2) is 0 Å². The molecule has 0 fully saturated rings. The van der Waals surface area contributed by atoms with Gasteiger partial charge in [-0.15, -0.1) is 11.3 Å². The molecular weight excluding hydrogens is 320 g/mol. The van der Waals surface area contributed by atoms with E-state index in [-0.39, 0.29) is 5.56 Å². The van der Waals surface area contributed by atoms with Gasteiger partial charge in [-0.05, 0) is 46.1 Å². The molecule has 1 atom stereocenters. The van der Waals surface area contributed by atoms with Crippen molar-refractivity contribution in [1.29, 1.82) is 0 Å². The molecule has 2 aromatic rings. The standard InChI is InChI=1S/C13H12BrF2NS/c1-2-17-12(13-8(14)6-7-18-13)11-9(15)4-3-5-10(11)16/h3-7,12,17H,2H2,1H3. The molecule has 1 nitrogen and oxygen atoms in total. The van der Waals surface area contributed by atoms with Gasteiger partial charge in [0.1, 0.15) is 11.6 Å². The molecule has 2 rings (SSSR count). The highest BCUT2D eigenvalue weighted by Crippen LogP contribution is 2.35. The fraction of sp³-hybridized carbons (Fsp3) is 0.231. The van der Waals surface area contributed by atoms with Crippen molar-refractivity contribution in [2.24, 2.45) is 0 Å². The van der Waals surface area contributed by atoms with Gasteiger partial charge in [0.2, 0.25) is 0 Å². The third kappa shape index (κ3) is 2.63. The minimum atomic E-state index is -0.527. The lowest BCUT2D eigenvalue weighted by atomic mass is 10.0. The maximum absolute atomic E-state index is 13.9. The summed E-state index contributed by atoms with van der Waals surface area (Å²) in [6.07, 6.45) is 0. The van der Waals surface area contributed by atoms with E-state index < -0.39 is 17.7 Å². The number of benzene rings is 1. The molecule has 1 aromatic heterocycles. The van der Waals surface area contributed by atoms with Crippen LogP contribution in [0.25, 0.3) is 0 Å². The average Bonchev–Trinajstić information content (AvgIpc) is 2.74. The second-order valence-corrected chi connectivity index (χ2v) is 5.56. The Labute approximate surface area is 117 Å². The summed E-state index contributed by atoms with van der Waals surface area (Å²) in [5.41, 5.74) is 0.0718. The third-order valence-electron chi connectivity index (χ3n) is 2.60. The van der Waals surface area contributed by atoms with Crippen LogP contribution in [0.5, 0.6) is 0 Å². The SMILES string of the molecule is CCNC(c1sccc1Br)c1c(F)cccc1F. The van der Waals surface area contributed by atoms with E-state index in [1.54, 1.807) is 0 Å². The summed E-state index contributed by atoms with van der Waals surface area (Å²) < 4.78 is 28.6. The van der Waals surface area contributed by atoms with Crippen molar-refractivity contribution in [3.05, 3.63) is 56.2 Å². The Balaban J connectivity index is 2.52. The van der Waals surface area contributed by atoms with Gasteiger partial charge >= 0.3 is 0 Å². The predicted octanol–water partition coefficient (Wildman–Crippen LogP) is 4.49. The quantitative estimate of drug-likeness (QED) is 0.870. The summed E-state index contributed by atoms with van der Waals surface area (Å²) >= 11 is 4.88. The zero-order valence-corrected chi connectivity index (χ0v) is 12.1. The molecule has 1 heterocycles. The lowest BCUT2D eigenvalue weighted by Crippen LogP contribution is -2.23. The molecule has 0 aliphatic heterocycles. The molecule has 0 aliphatic carbocycles. The number of halogens is 3. The van der Waals surface area contributed by atoms with Gasteiger partial charge in [-0.25, -0.2) is 8.78 Å². The molecule has 1 aromatic carbocycles. The summed E-state index contributed by atoms with van der Waals surface area (Å²) in [7, 11) is 0. The van der Waals surface area contributed by atoms with Crippen molar-refractivity contribution in [2.45, 2.75) is 13.0 Å². The largest absolute Gasteiger partial charge is 0.306 e. The smallest absolute Gasteiger partial charge is 0.131 e. The fourth-order valence-corrected chi connectivity index (χ4v) is 3.51. The lowest BCUT2D eigenvalue weighted by molar-refractivity contribution is 0.513. The Hall–Kier alpha value is -0.780. The summed E-state index contributed by atoms with van der Waals surface area (Å²) in [6, 6.07) is 5.35. The van der Waals surface area contributed by atoms with Crippen LogP contribution in [0.3, 0.4) is 0 Å². The molecule has 0 amide bonds. The molecule has 96 valence electrons.